The van der Waals surface area contributed by atoms with E-state index in [1.54, 1.807) is 0 Å². The molecule has 1 aliphatic rings. The number of hydrogen-bond donors (Lipinski definition) is 2. The van der Waals surface area contributed by atoms with Gasteiger partial charge in [-0.3, -0.25) is 9.59 Å². The van der Waals surface area contributed by atoms with Gasteiger partial charge in [0, 0.05) is 13.0 Å². The molecule has 0 aromatic heterocycles. The minimum atomic E-state index is 0.204. The molecule has 0 aliphatic carbocycles. The maximum absolute atomic E-state index is 10.1. The number of carbonyl (C=O) groups excluding carboxylic acids is 2. The van der Waals surface area contributed by atoms with Gasteiger partial charge >= 0.3 is 0 Å². The summed E-state index contributed by atoms with van der Waals surface area (Å²) in [6, 6.07) is 0. The van der Waals surface area contributed by atoms with E-state index >= 15 is 0 Å². The van der Waals surface area contributed by atoms with Gasteiger partial charge in [-0.15, -0.1) is 0 Å². The summed E-state index contributed by atoms with van der Waals surface area (Å²) < 4.78 is 0. The maximum Gasteiger partial charge on any atom is 0.220 e. The van der Waals surface area contributed by atoms with Gasteiger partial charge in [0.15, 0.2) is 0 Å². The Hall–Kier alpha value is -1.32. The van der Waals surface area contributed by atoms with Gasteiger partial charge in [0.25, 0.3) is 0 Å². The zero-order chi connectivity index (χ0) is 8.53. The molecule has 1 fully saturated rings. The summed E-state index contributed by atoms with van der Waals surface area (Å²) in [4.78, 5) is 19.4. The molecule has 0 unspecified atom stereocenters. The van der Waals surface area contributed by atoms with Gasteiger partial charge in [-0.2, -0.15) is 0 Å². The number of hydrogen-bond acceptors (Lipinski definition) is 2. The van der Waals surface area contributed by atoms with Gasteiger partial charge in [0.1, 0.15) is 0 Å². The molecule has 0 aromatic rings. The summed E-state index contributed by atoms with van der Waals surface area (Å²) in [6.07, 6.45) is 3.64. The summed E-state index contributed by atoms with van der Waals surface area (Å²) in [7, 11) is 0. The number of carbonyl (C=O) groups is 2. The van der Waals surface area contributed by atoms with E-state index in [2.05, 4.69) is 17.2 Å². The highest BCUT2D eigenvalue weighted by molar-refractivity contribution is 5.77. The molecule has 0 bridgehead atoms. The molecule has 0 spiro atoms. The fourth-order valence-corrected chi connectivity index (χ4v) is 0.613. The second kappa shape index (κ2) is 6.80. The highest BCUT2D eigenvalue weighted by Gasteiger charge is 2.05. The maximum atomic E-state index is 10.1. The molecule has 2 amide bonds. The Morgan fingerprint density at radius 3 is 2.45 bits per heavy atom. The predicted octanol–water partition coefficient (Wildman–Crippen LogP) is -0.228. The molecule has 1 saturated heterocycles. The molecule has 0 radical (unpaired) electrons. The summed E-state index contributed by atoms with van der Waals surface area (Å²) in [6.45, 7) is 4.10. The third kappa shape index (κ3) is 6.57. The molecule has 0 atom stereocenters. The molecule has 0 saturated carbocycles. The monoisotopic (exact) mass is 156 g/mol. The molecule has 11 heavy (non-hydrogen) atoms. The molecule has 1 rings (SSSR count). The van der Waals surface area contributed by atoms with Crippen molar-refractivity contribution in [2.75, 3.05) is 6.54 Å². The van der Waals surface area contributed by atoms with Crippen LogP contribution in [0.1, 0.15) is 12.8 Å². The molecular weight excluding hydrogens is 144 g/mol. The molecule has 4 nitrogen and oxygen atoms in total. The summed E-state index contributed by atoms with van der Waals surface area (Å²) in [5.41, 5.74) is 0. The van der Waals surface area contributed by atoms with Gasteiger partial charge in [0.2, 0.25) is 12.3 Å². The first-order chi connectivity index (χ1) is 5.31. The van der Waals surface area contributed by atoms with E-state index in [1.165, 1.54) is 6.20 Å². The van der Waals surface area contributed by atoms with Crippen LogP contribution in [-0.4, -0.2) is 18.9 Å². The zero-order valence-electron chi connectivity index (χ0n) is 6.30. The van der Waals surface area contributed by atoms with Crippen LogP contribution >= 0.6 is 0 Å². The van der Waals surface area contributed by atoms with E-state index in [-0.39, 0.29) is 5.91 Å². The first-order valence-electron chi connectivity index (χ1n) is 3.38. The largest absolute Gasteiger partial charge is 0.356 e. The van der Waals surface area contributed by atoms with Crippen LogP contribution in [-0.2, 0) is 9.59 Å². The van der Waals surface area contributed by atoms with Gasteiger partial charge < -0.3 is 10.6 Å². The van der Waals surface area contributed by atoms with Crippen molar-refractivity contribution in [2.24, 2.45) is 0 Å². The summed E-state index contributed by atoms with van der Waals surface area (Å²) >= 11 is 0. The van der Waals surface area contributed by atoms with E-state index in [9.17, 15) is 9.59 Å². The molecule has 1 aliphatic heterocycles. The van der Waals surface area contributed by atoms with E-state index in [4.69, 9.17) is 0 Å². The Morgan fingerprint density at radius 1 is 1.64 bits per heavy atom. The lowest BCUT2D eigenvalue weighted by Gasteiger charge is -1.80. The highest BCUT2D eigenvalue weighted by atomic mass is 16.1. The van der Waals surface area contributed by atoms with Gasteiger partial charge in [-0.25, -0.2) is 0 Å². The van der Waals surface area contributed by atoms with Crippen LogP contribution in [0.5, 0.6) is 0 Å². The number of rotatable bonds is 2. The Morgan fingerprint density at radius 2 is 2.36 bits per heavy atom. The van der Waals surface area contributed by atoms with Crippen molar-refractivity contribution in [3.05, 3.63) is 12.8 Å². The van der Waals surface area contributed by atoms with Gasteiger partial charge in [-0.05, 0) is 12.6 Å². The lowest BCUT2D eigenvalue weighted by atomic mass is 10.4. The molecule has 62 valence electrons. The Balaban J connectivity index is 0.000000187. The quantitative estimate of drug-likeness (QED) is 0.543. The first-order valence-corrected chi connectivity index (χ1v) is 3.38. The van der Waals surface area contributed by atoms with Gasteiger partial charge in [0.05, 0.1) is 0 Å². The van der Waals surface area contributed by atoms with Crippen molar-refractivity contribution in [2.45, 2.75) is 12.8 Å². The topological polar surface area (TPSA) is 58.2 Å². The lowest BCUT2D eigenvalue weighted by molar-refractivity contribution is -0.119. The van der Waals surface area contributed by atoms with Gasteiger partial charge in [-0.1, -0.05) is 6.58 Å². The van der Waals surface area contributed by atoms with E-state index in [0.717, 1.165) is 19.4 Å². The standard InChI is InChI=1S/C4H7NO.C3H5NO/c6-4-2-1-3-5-4;1-2-4-3-5/h1-3H2,(H,5,6);2-3H,1H2,(H,4,5). The van der Waals surface area contributed by atoms with Crippen LogP contribution < -0.4 is 10.6 Å². The Kier molecular flexibility index (Phi) is 5.98. The fraction of sp³-hybridized carbons (Fsp3) is 0.429. The smallest absolute Gasteiger partial charge is 0.220 e. The normalized spacial score (nSPS) is 14.0. The fourth-order valence-electron chi connectivity index (χ4n) is 0.613. The highest BCUT2D eigenvalue weighted by Crippen LogP contribution is 1.93. The Bertz CT molecular complexity index is 131. The van der Waals surface area contributed by atoms with Crippen LogP contribution in [0.4, 0.5) is 0 Å². The van der Waals surface area contributed by atoms with Crippen molar-refractivity contribution in [1.29, 1.82) is 0 Å². The average molecular weight is 156 g/mol. The van der Waals surface area contributed by atoms with Crippen LogP contribution in [0.25, 0.3) is 0 Å². The third-order valence-electron chi connectivity index (χ3n) is 1.09. The van der Waals surface area contributed by atoms with Crippen molar-refractivity contribution in [1.82, 2.24) is 10.6 Å². The number of amides is 2. The molecule has 1 heterocycles. The van der Waals surface area contributed by atoms with Crippen molar-refractivity contribution < 1.29 is 9.59 Å². The molecular formula is C7H12N2O2. The summed E-state index contributed by atoms with van der Waals surface area (Å²) in [5, 5.41) is 4.88. The third-order valence-corrected chi connectivity index (χ3v) is 1.09. The second-order valence-corrected chi connectivity index (χ2v) is 1.94. The first kappa shape index (κ1) is 9.68. The molecule has 4 heteroatoms. The van der Waals surface area contributed by atoms with E-state index < -0.39 is 0 Å². The van der Waals surface area contributed by atoms with Crippen LogP contribution in [0, 0.1) is 0 Å². The second-order valence-electron chi connectivity index (χ2n) is 1.94. The SMILES string of the molecule is C=CNC=O.O=C1CCCN1. The predicted molar refractivity (Wildman–Crippen MR) is 41.6 cm³/mol. The molecule has 0 aromatic carbocycles. The van der Waals surface area contributed by atoms with E-state index in [1.807, 2.05) is 0 Å². The lowest BCUT2D eigenvalue weighted by Crippen LogP contribution is -2.12. The van der Waals surface area contributed by atoms with E-state index in [0.29, 0.717) is 6.41 Å². The molecule has 2 N–H and O–H groups in total. The average Bonchev–Trinajstić information content (AvgIpc) is 2.43. The van der Waals surface area contributed by atoms with Crippen LogP contribution in [0.15, 0.2) is 12.8 Å². The Labute approximate surface area is 65.7 Å². The van der Waals surface area contributed by atoms with Crippen molar-refractivity contribution >= 4 is 12.3 Å². The number of nitrogens with one attached hydrogen (secondary N) is 2. The minimum Gasteiger partial charge on any atom is -0.356 e. The van der Waals surface area contributed by atoms with Crippen LogP contribution in [0.3, 0.4) is 0 Å². The van der Waals surface area contributed by atoms with Crippen LogP contribution in [0.2, 0.25) is 0 Å². The zero-order valence-corrected chi connectivity index (χ0v) is 6.30. The van der Waals surface area contributed by atoms with Crippen molar-refractivity contribution in [3.63, 3.8) is 0 Å². The van der Waals surface area contributed by atoms with Crippen molar-refractivity contribution in [3.8, 4) is 0 Å². The minimum absolute atomic E-state index is 0.204. The summed E-state index contributed by atoms with van der Waals surface area (Å²) in [5.74, 6) is 0.204.